The predicted molar refractivity (Wildman–Crippen MR) is 117 cm³/mol. The minimum Gasteiger partial charge on any atom is -0.354 e. The molecule has 0 spiro atoms. The van der Waals surface area contributed by atoms with Gasteiger partial charge in [0.25, 0.3) is 0 Å². The minimum absolute atomic E-state index is 0.0167. The number of piperidine rings is 2. The number of hydrogen-bond donors (Lipinski definition) is 2. The lowest BCUT2D eigenvalue weighted by molar-refractivity contribution is -0.122. The third-order valence-corrected chi connectivity index (χ3v) is 5.99. The molecule has 2 aliphatic heterocycles. The average molecular weight is 395 g/mol. The van der Waals surface area contributed by atoms with E-state index < -0.39 is 0 Å². The van der Waals surface area contributed by atoms with E-state index in [1.165, 1.54) is 45.2 Å². The van der Waals surface area contributed by atoms with Crippen LogP contribution < -0.4 is 10.6 Å². The largest absolute Gasteiger partial charge is 0.354 e. The van der Waals surface area contributed by atoms with Gasteiger partial charge in [-0.15, -0.1) is 0 Å². The van der Waals surface area contributed by atoms with Gasteiger partial charge < -0.3 is 20.4 Å². The topological polar surface area (TPSA) is 63.2 Å². The molecule has 0 aromatic carbocycles. The Hall–Kier alpha value is -1.34. The Morgan fingerprint density at radius 1 is 1.11 bits per heavy atom. The fraction of sp³-hybridized carbons (Fsp3) is 0.905. The second-order valence-corrected chi connectivity index (χ2v) is 9.63. The molecular weight excluding hydrogens is 352 g/mol. The number of nitrogens with one attached hydrogen (secondary N) is 2. The molecule has 1 amide bonds. The van der Waals surface area contributed by atoms with Gasteiger partial charge >= 0.3 is 0 Å². The Labute approximate surface area is 171 Å². The number of carbonyl (C=O) groups is 1. The third kappa shape index (κ3) is 6.62. The summed E-state index contributed by atoms with van der Waals surface area (Å²) < 4.78 is 0. The predicted octanol–water partition coefficient (Wildman–Crippen LogP) is 1.36. The smallest absolute Gasteiger partial charge is 0.240 e. The van der Waals surface area contributed by atoms with E-state index in [9.17, 15) is 4.79 Å². The SMILES string of the molecule is CN=C(NCC1(N2CCCCC2)CCN(C)CC1)N(C)CC(=O)NC(C)(C)C. The van der Waals surface area contributed by atoms with Gasteiger partial charge in [0.05, 0.1) is 6.54 Å². The van der Waals surface area contributed by atoms with Crippen LogP contribution in [0.15, 0.2) is 4.99 Å². The normalized spacial score (nSPS) is 22.0. The van der Waals surface area contributed by atoms with E-state index in [1.807, 2.05) is 32.7 Å². The monoisotopic (exact) mass is 394 g/mol. The first-order valence-corrected chi connectivity index (χ1v) is 10.8. The number of rotatable bonds is 5. The molecule has 0 unspecified atom stereocenters. The summed E-state index contributed by atoms with van der Waals surface area (Å²) in [6.45, 7) is 11.9. The maximum absolute atomic E-state index is 12.3. The van der Waals surface area contributed by atoms with Gasteiger partial charge in [-0.1, -0.05) is 6.42 Å². The van der Waals surface area contributed by atoms with Crippen LogP contribution in [0.25, 0.3) is 0 Å². The number of guanidine groups is 1. The molecule has 28 heavy (non-hydrogen) atoms. The summed E-state index contributed by atoms with van der Waals surface area (Å²) in [4.78, 5) is 23.8. The zero-order chi connectivity index (χ0) is 20.8. The number of nitrogens with zero attached hydrogens (tertiary/aromatic N) is 4. The lowest BCUT2D eigenvalue weighted by atomic mass is 9.84. The van der Waals surface area contributed by atoms with Crippen molar-refractivity contribution in [3.8, 4) is 0 Å². The molecule has 0 radical (unpaired) electrons. The lowest BCUT2D eigenvalue weighted by Crippen LogP contribution is -2.62. The Bertz CT molecular complexity index is 528. The summed E-state index contributed by atoms with van der Waals surface area (Å²) in [5, 5.41) is 6.62. The van der Waals surface area contributed by atoms with Crippen LogP contribution in [0.1, 0.15) is 52.9 Å². The molecule has 0 saturated carbocycles. The molecule has 0 aromatic rings. The minimum atomic E-state index is -0.221. The first kappa shape index (κ1) is 22.9. The van der Waals surface area contributed by atoms with Crippen molar-refractivity contribution >= 4 is 11.9 Å². The number of likely N-dealkylation sites (tertiary alicyclic amines) is 2. The number of hydrogen-bond acceptors (Lipinski definition) is 4. The number of carbonyl (C=O) groups excluding carboxylic acids is 1. The van der Waals surface area contributed by atoms with Crippen molar-refractivity contribution in [1.82, 2.24) is 25.3 Å². The lowest BCUT2D eigenvalue weighted by Gasteiger charge is -2.50. The Kier molecular flexibility index (Phi) is 8.13. The molecule has 0 aromatic heterocycles. The van der Waals surface area contributed by atoms with Crippen LogP contribution in [0, 0.1) is 0 Å². The van der Waals surface area contributed by atoms with Crippen LogP contribution in [0.3, 0.4) is 0 Å². The highest BCUT2D eigenvalue weighted by atomic mass is 16.2. The summed E-state index contributed by atoms with van der Waals surface area (Å²) in [6, 6.07) is 0. The Morgan fingerprint density at radius 3 is 2.25 bits per heavy atom. The van der Waals surface area contributed by atoms with Gasteiger partial charge in [-0.3, -0.25) is 14.7 Å². The average Bonchev–Trinajstić information content (AvgIpc) is 2.63. The first-order chi connectivity index (χ1) is 13.1. The highest BCUT2D eigenvalue weighted by Gasteiger charge is 2.39. The molecule has 2 heterocycles. The third-order valence-electron chi connectivity index (χ3n) is 5.99. The molecule has 2 aliphatic rings. The van der Waals surface area contributed by atoms with Crippen molar-refractivity contribution in [3.05, 3.63) is 0 Å². The van der Waals surface area contributed by atoms with Gasteiger partial charge in [-0.25, -0.2) is 0 Å². The van der Waals surface area contributed by atoms with Crippen molar-refractivity contribution in [3.63, 3.8) is 0 Å². The molecule has 0 bridgehead atoms. The van der Waals surface area contributed by atoms with Crippen LogP contribution in [0.4, 0.5) is 0 Å². The van der Waals surface area contributed by atoms with Crippen molar-refractivity contribution in [1.29, 1.82) is 0 Å². The fourth-order valence-corrected chi connectivity index (χ4v) is 4.38. The highest BCUT2D eigenvalue weighted by Crippen LogP contribution is 2.30. The van der Waals surface area contributed by atoms with Crippen molar-refractivity contribution in [2.45, 2.75) is 64.0 Å². The van der Waals surface area contributed by atoms with Gasteiger partial charge in [0.1, 0.15) is 0 Å². The molecule has 7 heteroatoms. The second-order valence-electron chi connectivity index (χ2n) is 9.63. The molecule has 2 rings (SSSR count). The van der Waals surface area contributed by atoms with Crippen LogP contribution in [0.5, 0.6) is 0 Å². The Balaban J connectivity index is 1.98. The van der Waals surface area contributed by atoms with E-state index in [2.05, 4.69) is 32.5 Å². The molecule has 162 valence electrons. The van der Waals surface area contributed by atoms with Gasteiger partial charge in [0.15, 0.2) is 5.96 Å². The summed E-state index contributed by atoms with van der Waals surface area (Å²) in [5.41, 5.74) is -0.0291. The van der Waals surface area contributed by atoms with Crippen molar-refractivity contribution in [2.24, 2.45) is 4.99 Å². The molecule has 2 saturated heterocycles. The second kappa shape index (κ2) is 9.92. The number of aliphatic imine (C=N–C) groups is 1. The van der Waals surface area contributed by atoms with Gasteiger partial charge in [-0.2, -0.15) is 0 Å². The zero-order valence-corrected chi connectivity index (χ0v) is 19.0. The maximum Gasteiger partial charge on any atom is 0.240 e. The van der Waals surface area contributed by atoms with Gasteiger partial charge in [0.2, 0.25) is 5.91 Å². The molecular formula is C21H42N6O. The standard InChI is InChI=1S/C21H42N6O/c1-20(2,3)24-18(28)16-26(6)19(22-4)23-17-21(10-14-25(5)15-11-21)27-12-8-7-9-13-27/h7-17H2,1-6H3,(H,22,23)(H,24,28). The summed E-state index contributed by atoms with van der Waals surface area (Å²) in [6.07, 6.45) is 6.33. The highest BCUT2D eigenvalue weighted by molar-refractivity contribution is 5.86. The number of likely N-dealkylation sites (N-methyl/N-ethyl adjacent to an activating group) is 1. The van der Waals surface area contributed by atoms with E-state index in [-0.39, 0.29) is 17.0 Å². The molecule has 2 fully saturated rings. The Morgan fingerprint density at radius 2 is 1.71 bits per heavy atom. The van der Waals surface area contributed by atoms with E-state index in [0.717, 1.165) is 25.6 Å². The first-order valence-electron chi connectivity index (χ1n) is 10.8. The van der Waals surface area contributed by atoms with Crippen molar-refractivity contribution < 1.29 is 4.79 Å². The van der Waals surface area contributed by atoms with E-state index in [1.54, 1.807) is 7.05 Å². The van der Waals surface area contributed by atoms with E-state index in [0.29, 0.717) is 6.54 Å². The van der Waals surface area contributed by atoms with Crippen LogP contribution in [-0.4, -0.2) is 98.1 Å². The van der Waals surface area contributed by atoms with Gasteiger partial charge in [0, 0.05) is 31.7 Å². The van der Waals surface area contributed by atoms with Gasteiger partial charge in [-0.05, 0) is 79.7 Å². The summed E-state index contributed by atoms with van der Waals surface area (Å²) in [5.74, 6) is 0.808. The van der Waals surface area contributed by atoms with Crippen LogP contribution >= 0.6 is 0 Å². The van der Waals surface area contributed by atoms with Crippen molar-refractivity contribution in [2.75, 3.05) is 60.4 Å². The van der Waals surface area contributed by atoms with E-state index >= 15 is 0 Å². The number of amides is 1. The fourth-order valence-electron chi connectivity index (χ4n) is 4.38. The van der Waals surface area contributed by atoms with Crippen LogP contribution in [-0.2, 0) is 4.79 Å². The molecule has 2 N–H and O–H groups in total. The summed E-state index contributed by atoms with van der Waals surface area (Å²) in [7, 11) is 5.94. The zero-order valence-electron chi connectivity index (χ0n) is 19.0. The molecule has 0 aliphatic carbocycles. The molecule has 0 atom stereocenters. The summed E-state index contributed by atoms with van der Waals surface area (Å²) >= 11 is 0. The van der Waals surface area contributed by atoms with E-state index in [4.69, 9.17) is 0 Å². The quantitative estimate of drug-likeness (QED) is 0.545. The molecule has 7 nitrogen and oxygen atoms in total. The van der Waals surface area contributed by atoms with Crippen LogP contribution in [0.2, 0.25) is 0 Å². The maximum atomic E-state index is 12.3.